The maximum atomic E-state index is 11.3. The monoisotopic (exact) mass is 194 g/mol. The van der Waals surface area contributed by atoms with E-state index in [4.69, 9.17) is 5.73 Å². The van der Waals surface area contributed by atoms with Crippen LogP contribution in [0.2, 0.25) is 0 Å². The molecule has 1 aromatic heterocycles. The van der Waals surface area contributed by atoms with Crippen molar-refractivity contribution in [2.75, 3.05) is 7.05 Å². The predicted octanol–water partition coefficient (Wildman–Crippen LogP) is -0.295. The van der Waals surface area contributed by atoms with Gasteiger partial charge in [0.2, 0.25) is 5.91 Å². The van der Waals surface area contributed by atoms with Gasteiger partial charge in [0, 0.05) is 12.4 Å². The zero-order valence-corrected chi connectivity index (χ0v) is 8.53. The van der Waals surface area contributed by atoms with Gasteiger partial charge in [-0.3, -0.25) is 14.8 Å². The highest BCUT2D eigenvalue weighted by atomic mass is 16.1. The number of nitrogens with one attached hydrogen (secondary N) is 1. The normalized spacial score (nSPS) is 14.8. The first kappa shape index (κ1) is 10.6. The molecular weight excluding hydrogens is 180 g/mol. The fourth-order valence-corrected chi connectivity index (χ4v) is 1.26. The van der Waals surface area contributed by atoms with Crippen molar-refractivity contribution in [2.45, 2.75) is 19.4 Å². The van der Waals surface area contributed by atoms with E-state index < -0.39 is 11.4 Å². The van der Waals surface area contributed by atoms with Crippen LogP contribution in [0.1, 0.15) is 18.3 Å². The van der Waals surface area contributed by atoms with Gasteiger partial charge in [0.05, 0.1) is 11.4 Å². The van der Waals surface area contributed by atoms with Gasteiger partial charge in [0.15, 0.2) is 0 Å². The molecule has 76 valence electrons. The molecule has 0 bridgehead atoms. The van der Waals surface area contributed by atoms with Gasteiger partial charge in [-0.25, -0.2) is 0 Å². The number of hydrogen-bond acceptors (Lipinski definition) is 4. The molecule has 0 aliphatic carbocycles. The van der Waals surface area contributed by atoms with Crippen LogP contribution in [-0.4, -0.2) is 22.9 Å². The van der Waals surface area contributed by atoms with E-state index >= 15 is 0 Å². The number of carbonyl (C=O) groups is 1. The quantitative estimate of drug-likeness (QED) is 0.692. The number of primary amides is 1. The van der Waals surface area contributed by atoms with E-state index in [1.54, 1.807) is 33.3 Å². The molecule has 0 saturated heterocycles. The molecule has 5 nitrogen and oxygen atoms in total. The van der Waals surface area contributed by atoms with E-state index in [2.05, 4.69) is 15.3 Å². The van der Waals surface area contributed by atoms with Crippen LogP contribution < -0.4 is 11.1 Å². The van der Waals surface area contributed by atoms with Crippen LogP contribution in [0.15, 0.2) is 12.4 Å². The van der Waals surface area contributed by atoms with Gasteiger partial charge in [-0.05, 0) is 20.9 Å². The number of carbonyl (C=O) groups excluding carboxylic acids is 1. The van der Waals surface area contributed by atoms with Crippen LogP contribution in [0.25, 0.3) is 0 Å². The van der Waals surface area contributed by atoms with Crippen LogP contribution in [0.5, 0.6) is 0 Å². The minimum absolute atomic E-state index is 0.469. The summed E-state index contributed by atoms with van der Waals surface area (Å²) >= 11 is 0. The predicted molar refractivity (Wildman–Crippen MR) is 52.4 cm³/mol. The highest BCUT2D eigenvalue weighted by Crippen LogP contribution is 2.19. The van der Waals surface area contributed by atoms with Crippen LogP contribution in [0.4, 0.5) is 0 Å². The molecule has 0 radical (unpaired) electrons. The van der Waals surface area contributed by atoms with Gasteiger partial charge >= 0.3 is 0 Å². The first-order chi connectivity index (χ1) is 6.52. The van der Waals surface area contributed by atoms with E-state index in [1.807, 2.05) is 0 Å². The second-order valence-corrected chi connectivity index (χ2v) is 3.23. The molecule has 5 heteroatoms. The Balaban J connectivity index is 3.26. The summed E-state index contributed by atoms with van der Waals surface area (Å²) in [5.41, 5.74) is 5.62. The minimum Gasteiger partial charge on any atom is -0.368 e. The van der Waals surface area contributed by atoms with Crippen molar-refractivity contribution >= 4 is 5.91 Å². The topological polar surface area (TPSA) is 80.9 Å². The van der Waals surface area contributed by atoms with Gasteiger partial charge in [-0.15, -0.1) is 0 Å². The Morgan fingerprint density at radius 3 is 2.50 bits per heavy atom. The van der Waals surface area contributed by atoms with Gasteiger partial charge in [0.1, 0.15) is 5.54 Å². The van der Waals surface area contributed by atoms with E-state index in [9.17, 15) is 4.79 Å². The SMILES string of the molecule is CNC(C)(C(N)=O)c1nccnc1C. The molecule has 1 atom stereocenters. The lowest BCUT2D eigenvalue weighted by Gasteiger charge is -2.25. The molecule has 0 aromatic carbocycles. The molecule has 0 saturated carbocycles. The lowest BCUT2D eigenvalue weighted by Crippen LogP contribution is -2.49. The summed E-state index contributed by atoms with van der Waals surface area (Å²) in [6.07, 6.45) is 3.12. The lowest BCUT2D eigenvalue weighted by molar-refractivity contribution is -0.124. The van der Waals surface area contributed by atoms with Crippen LogP contribution in [-0.2, 0) is 10.3 Å². The maximum absolute atomic E-state index is 11.3. The summed E-state index contributed by atoms with van der Waals surface area (Å²) in [6, 6.07) is 0. The third kappa shape index (κ3) is 1.58. The fraction of sp³-hybridized carbons (Fsp3) is 0.444. The van der Waals surface area contributed by atoms with E-state index in [-0.39, 0.29) is 0 Å². The maximum Gasteiger partial charge on any atom is 0.243 e. The Morgan fingerprint density at radius 1 is 1.50 bits per heavy atom. The average Bonchev–Trinajstić information content (AvgIpc) is 2.17. The Kier molecular flexibility index (Phi) is 2.81. The summed E-state index contributed by atoms with van der Waals surface area (Å²) in [7, 11) is 1.67. The first-order valence-electron chi connectivity index (χ1n) is 4.29. The Hall–Kier alpha value is -1.49. The molecule has 14 heavy (non-hydrogen) atoms. The standard InChI is InChI=1S/C9H14N4O/c1-6-7(13-5-4-12-6)9(2,11-3)8(10)14/h4-5,11H,1-3H3,(H2,10,14). The van der Waals surface area contributed by atoms with Gasteiger partial charge < -0.3 is 11.1 Å². The second kappa shape index (κ2) is 3.71. The minimum atomic E-state index is -0.960. The van der Waals surface area contributed by atoms with Crippen molar-refractivity contribution in [2.24, 2.45) is 5.73 Å². The number of hydrogen-bond donors (Lipinski definition) is 2. The Bertz CT molecular complexity index is 352. The summed E-state index contributed by atoms with van der Waals surface area (Å²) in [5.74, 6) is -0.469. The highest BCUT2D eigenvalue weighted by molar-refractivity contribution is 5.85. The van der Waals surface area contributed by atoms with Gasteiger partial charge in [-0.2, -0.15) is 0 Å². The zero-order valence-electron chi connectivity index (χ0n) is 8.53. The summed E-state index contributed by atoms with van der Waals surface area (Å²) in [6.45, 7) is 3.48. The van der Waals surface area contributed by atoms with Crippen LogP contribution in [0, 0.1) is 6.92 Å². The van der Waals surface area contributed by atoms with Crippen molar-refractivity contribution in [1.82, 2.24) is 15.3 Å². The van der Waals surface area contributed by atoms with Gasteiger partial charge in [0.25, 0.3) is 0 Å². The third-order valence-electron chi connectivity index (χ3n) is 2.35. The summed E-state index contributed by atoms with van der Waals surface area (Å²) in [5, 5.41) is 2.86. The number of nitrogens with zero attached hydrogens (tertiary/aromatic N) is 2. The van der Waals surface area contributed by atoms with E-state index in [0.29, 0.717) is 11.4 Å². The van der Waals surface area contributed by atoms with Crippen molar-refractivity contribution in [3.05, 3.63) is 23.8 Å². The summed E-state index contributed by atoms with van der Waals surface area (Å²) in [4.78, 5) is 19.5. The van der Waals surface area contributed by atoms with Crippen LogP contribution >= 0.6 is 0 Å². The molecular formula is C9H14N4O. The van der Waals surface area contributed by atoms with Crippen molar-refractivity contribution in [3.63, 3.8) is 0 Å². The second-order valence-electron chi connectivity index (χ2n) is 3.23. The third-order valence-corrected chi connectivity index (χ3v) is 2.35. The molecule has 0 aliphatic rings. The summed E-state index contributed by atoms with van der Waals surface area (Å²) < 4.78 is 0. The van der Waals surface area contributed by atoms with Crippen molar-refractivity contribution in [1.29, 1.82) is 0 Å². The number of likely N-dealkylation sites (N-methyl/N-ethyl adjacent to an activating group) is 1. The Morgan fingerprint density at radius 2 is 2.07 bits per heavy atom. The largest absolute Gasteiger partial charge is 0.368 e. The molecule has 1 rings (SSSR count). The van der Waals surface area contributed by atoms with Gasteiger partial charge in [-0.1, -0.05) is 0 Å². The molecule has 0 spiro atoms. The fourth-order valence-electron chi connectivity index (χ4n) is 1.26. The molecule has 1 amide bonds. The number of aromatic nitrogens is 2. The number of rotatable bonds is 3. The van der Waals surface area contributed by atoms with Crippen molar-refractivity contribution in [3.8, 4) is 0 Å². The molecule has 1 heterocycles. The van der Waals surface area contributed by atoms with E-state index in [1.165, 1.54) is 0 Å². The number of aryl methyl sites for hydroxylation is 1. The average molecular weight is 194 g/mol. The van der Waals surface area contributed by atoms with Crippen LogP contribution in [0.3, 0.4) is 0 Å². The lowest BCUT2D eigenvalue weighted by atomic mass is 9.95. The molecule has 1 aromatic rings. The smallest absolute Gasteiger partial charge is 0.243 e. The number of nitrogens with two attached hydrogens (primary N) is 1. The molecule has 0 aliphatic heterocycles. The van der Waals surface area contributed by atoms with Crippen molar-refractivity contribution < 1.29 is 4.79 Å². The number of amides is 1. The first-order valence-corrected chi connectivity index (χ1v) is 4.29. The molecule has 1 unspecified atom stereocenters. The zero-order chi connectivity index (χ0) is 10.8. The Labute approximate surface area is 82.7 Å². The molecule has 3 N–H and O–H groups in total. The molecule has 0 fully saturated rings. The highest BCUT2D eigenvalue weighted by Gasteiger charge is 2.34. The van der Waals surface area contributed by atoms with E-state index in [0.717, 1.165) is 0 Å².